The molecule has 1 aromatic carbocycles. The molecule has 2 rings (SSSR count). The van der Waals surface area contributed by atoms with Crippen LogP contribution in [0.3, 0.4) is 0 Å². The van der Waals surface area contributed by atoms with E-state index in [1.54, 1.807) is 23.5 Å². The maximum atomic E-state index is 11.2. The normalized spacial score (nSPS) is 10.3. The first-order valence-electron chi connectivity index (χ1n) is 6.25. The fourth-order valence-corrected chi connectivity index (χ4v) is 2.64. The van der Waals surface area contributed by atoms with E-state index in [2.05, 4.69) is 13.0 Å². The Morgan fingerprint density at radius 1 is 1.25 bits per heavy atom. The lowest BCUT2D eigenvalue weighted by molar-refractivity contribution is 0.0691. The maximum Gasteiger partial charge on any atom is 0.339 e. The molecule has 0 spiro atoms. The highest BCUT2D eigenvalue weighted by Gasteiger charge is 2.13. The number of aryl methyl sites for hydroxylation is 1. The highest BCUT2D eigenvalue weighted by molar-refractivity contribution is 7.11. The van der Waals surface area contributed by atoms with Crippen LogP contribution >= 0.6 is 11.3 Å². The van der Waals surface area contributed by atoms with Crippen LogP contribution in [0, 0.1) is 0 Å². The first-order valence-corrected chi connectivity index (χ1v) is 7.07. The lowest BCUT2D eigenvalue weighted by atomic mass is 10.2. The van der Waals surface area contributed by atoms with Crippen LogP contribution in [0.4, 0.5) is 0 Å². The molecule has 106 valence electrons. The minimum atomic E-state index is -1.03. The molecule has 0 radical (unpaired) electrons. The molecule has 0 unspecified atom stereocenters. The van der Waals surface area contributed by atoms with E-state index in [4.69, 9.17) is 9.47 Å². The molecule has 0 aliphatic rings. The van der Waals surface area contributed by atoms with Gasteiger partial charge in [0.2, 0.25) is 0 Å². The second-order valence-electron chi connectivity index (χ2n) is 4.18. The molecular formula is C15H16O4S. The molecule has 0 aliphatic carbocycles. The van der Waals surface area contributed by atoms with Gasteiger partial charge in [-0.1, -0.05) is 6.92 Å². The van der Waals surface area contributed by atoms with Gasteiger partial charge in [-0.05, 0) is 36.8 Å². The number of carboxylic acids is 1. The Hall–Kier alpha value is -2.01. The summed E-state index contributed by atoms with van der Waals surface area (Å²) < 4.78 is 10.6. The smallest absolute Gasteiger partial charge is 0.339 e. The predicted octanol–water partition coefficient (Wildman–Crippen LogP) is 3.60. The maximum absolute atomic E-state index is 11.2. The molecule has 0 atom stereocenters. The van der Waals surface area contributed by atoms with Crippen LogP contribution in [0.1, 0.15) is 27.0 Å². The zero-order valence-electron chi connectivity index (χ0n) is 11.4. The number of ether oxygens (including phenoxy) is 2. The second kappa shape index (κ2) is 6.43. The van der Waals surface area contributed by atoms with Crippen molar-refractivity contribution in [3.63, 3.8) is 0 Å². The van der Waals surface area contributed by atoms with Crippen LogP contribution in [-0.2, 0) is 13.0 Å². The van der Waals surface area contributed by atoms with Gasteiger partial charge in [0.05, 0.1) is 7.11 Å². The van der Waals surface area contributed by atoms with Crippen molar-refractivity contribution in [1.29, 1.82) is 0 Å². The van der Waals surface area contributed by atoms with E-state index >= 15 is 0 Å². The van der Waals surface area contributed by atoms with Crippen molar-refractivity contribution in [3.05, 3.63) is 45.6 Å². The molecule has 1 heterocycles. The fourth-order valence-electron chi connectivity index (χ4n) is 1.77. The van der Waals surface area contributed by atoms with E-state index in [0.29, 0.717) is 18.1 Å². The summed E-state index contributed by atoms with van der Waals surface area (Å²) >= 11 is 1.68. The van der Waals surface area contributed by atoms with Gasteiger partial charge in [-0.15, -0.1) is 11.3 Å². The van der Waals surface area contributed by atoms with Gasteiger partial charge >= 0.3 is 5.97 Å². The third-order valence-corrected chi connectivity index (χ3v) is 4.06. The lowest BCUT2D eigenvalue weighted by Gasteiger charge is -2.09. The van der Waals surface area contributed by atoms with Crippen LogP contribution in [0.2, 0.25) is 0 Å². The Kier molecular flexibility index (Phi) is 4.63. The Morgan fingerprint density at radius 2 is 2.00 bits per heavy atom. The number of rotatable bonds is 6. The Balaban J connectivity index is 2.14. The van der Waals surface area contributed by atoms with E-state index in [1.807, 2.05) is 6.07 Å². The van der Waals surface area contributed by atoms with Crippen molar-refractivity contribution in [1.82, 2.24) is 0 Å². The summed E-state index contributed by atoms with van der Waals surface area (Å²) in [6.45, 7) is 2.47. The van der Waals surface area contributed by atoms with Crippen molar-refractivity contribution in [2.75, 3.05) is 7.11 Å². The molecule has 4 nitrogen and oxygen atoms in total. The van der Waals surface area contributed by atoms with Gasteiger partial charge in [-0.3, -0.25) is 0 Å². The van der Waals surface area contributed by atoms with Gasteiger partial charge < -0.3 is 14.6 Å². The zero-order valence-corrected chi connectivity index (χ0v) is 12.2. The first-order chi connectivity index (χ1) is 9.63. The largest absolute Gasteiger partial charge is 0.497 e. The number of carboxylic acid groups (broad SMARTS) is 1. The van der Waals surface area contributed by atoms with Gasteiger partial charge in [0.1, 0.15) is 23.7 Å². The van der Waals surface area contributed by atoms with E-state index in [9.17, 15) is 9.90 Å². The Labute approximate surface area is 121 Å². The quantitative estimate of drug-likeness (QED) is 0.884. The molecule has 5 heteroatoms. The number of thiophene rings is 1. The van der Waals surface area contributed by atoms with Crippen LogP contribution in [0.5, 0.6) is 11.5 Å². The first kappa shape index (κ1) is 14.4. The molecule has 2 aromatic rings. The third kappa shape index (κ3) is 3.30. The number of carbonyl (C=O) groups is 1. The van der Waals surface area contributed by atoms with Crippen LogP contribution in [-0.4, -0.2) is 18.2 Å². The van der Waals surface area contributed by atoms with Crippen molar-refractivity contribution >= 4 is 17.3 Å². The van der Waals surface area contributed by atoms with Crippen molar-refractivity contribution in [2.24, 2.45) is 0 Å². The molecule has 20 heavy (non-hydrogen) atoms. The molecule has 0 saturated heterocycles. The minimum absolute atomic E-state index is 0.108. The molecule has 1 aromatic heterocycles. The molecule has 0 saturated carbocycles. The average Bonchev–Trinajstić information content (AvgIpc) is 2.92. The monoisotopic (exact) mass is 292 g/mol. The summed E-state index contributed by atoms with van der Waals surface area (Å²) in [6.07, 6.45) is 0.994. The SMILES string of the molecule is CCc1ccc(COc2ccc(OC)cc2C(=O)O)s1. The second-order valence-corrected chi connectivity index (χ2v) is 5.43. The van der Waals surface area contributed by atoms with Gasteiger partial charge in [0.25, 0.3) is 0 Å². The van der Waals surface area contributed by atoms with E-state index in [1.165, 1.54) is 18.1 Å². The summed E-state index contributed by atoms with van der Waals surface area (Å²) in [4.78, 5) is 13.6. The molecule has 0 fully saturated rings. The number of methoxy groups -OCH3 is 1. The van der Waals surface area contributed by atoms with Crippen LogP contribution in [0.15, 0.2) is 30.3 Å². The van der Waals surface area contributed by atoms with Crippen molar-refractivity contribution in [2.45, 2.75) is 20.0 Å². The average molecular weight is 292 g/mol. The highest BCUT2D eigenvalue weighted by atomic mass is 32.1. The Bertz CT molecular complexity index is 604. The highest BCUT2D eigenvalue weighted by Crippen LogP contribution is 2.26. The zero-order chi connectivity index (χ0) is 14.5. The topological polar surface area (TPSA) is 55.8 Å². The third-order valence-electron chi connectivity index (χ3n) is 2.85. The molecule has 0 aliphatic heterocycles. The molecular weight excluding hydrogens is 276 g/mol. The summed E-state index contributed by atoms with van der Waals surface area (Å²) in [5.74, 6) is -0.178. The van der Waals surface area contributed by atoms with Gasteiger partial charge in [-0.25, -0.2) is 4.79 Å². The van der Waals surface area contributed by atoms with Crippen molar-refractivity contribution in [3.8, 4) is 11.5 Å². The molecule has 1 N–H and O–H groups in total. The van der Waals surface area contributed by atoms with Crippen LogP contribution < -0.4 is 9.47 Å². The summed E-state index contributed by atoms with van der Waals surface area (Å²) in [5.41, 5.74) is 0.108. The summed E-state index contributed by atoms with van der Waals surface area (Å²) in [6, 6.07) is 8.84. The number of hydrogen-bond donors (Lipinski definition) is 1. The Morgan fingerprint density at radius 3 is 2.60 bits per heavy atom. The molecule has 0 amide bonds. The minimum Gasteiger partial charge on any atom is -0.497 e. The molecule has 0 bridgehead atoms. The van der Waals surface area contributed by atoms with E-state index < -0.39 is 5.97 Å². The number of benzene rings is 1. The number of aromatic carboxylic acids is 1. The van der Waals surface area contributed by atoms with Crippen molar-refractivity contribution < 1.29 is 19.4 Å². The van der Waals surface area contributed by atoms with Gasteiger partial charge in [0, 0.05) is 9.75 Å². The van der Waals surface area contributed by atoms with E-state index in [0.717, 1.165) is 11.3 Å². The number of hydrogen-bond acceptors (Lipinski definition) is 4. The standard InChI is InChI=1S/C15H16O4S/c1-3-11-5-6-12(20-11)9-19-14-7-4-10(18-2)8-13(14)15(16)17/h4-8H,3,9H2,1-2H3,(H,16,17). The summed E-state index contributed by atoms with van der Waals surface area (Å²) in [7, 11) is 1.50. The van der Waals surface area contributed by atoms with E-state index in [-0.39, 0.29) is 5.56 Å². The van der Waals surface area contributed by atoms with Gasteiger partial charge in [-0.2, -0.15) is 0 Å². The fraction of sp³-hybridized carbons (Fsp3) is 0.267. The van der Waals surface area contributed by atoms with Crippen LogP contribution in [0.25, 0.3) is 0 Å². The lowest BCUT2D eigenvalue weighted by Crippen LogP contribution is -2.03. The predicted molar refractivity (Wildman–Crippen MR) is 78.0 cm³/mol. The summed E-state index contributed by atoms with van der Waals surface area (Å²) in [5, 5.41) is 9.19. The van der Waals surface area contributed by atoms with Gasteiger partial charge in [0.15, 0.2) is 0 Å².